The van der Waals surface area contributed by atoms with E-state index in [4.69, 9.17) is 15.6 Å². The van der Waals surface area contributed by atoms with E-state index < -0.39 is 10.9 Å². The van der Waals surface area contributed by atoms with Crippen molar-refractivity contribution in [2.75, 3.05) is 18.9 Å². The maximum Gasteiger partial charge on any atom is 0.338 e. The summed E-state index contributed by atoms with van der Waals surface area (Å²) in [5.74, 6) is -1.29. The maximum atomic E-state index is 10.9. The van der Waals surface area contributed by atoms with Gasteiger partial charge in [0, 0.05) is 18.6 Å². The first-order chi connectivity index (χ1) is 8.49. The molecule has 0 saturated carbocycles. The van der Waals surface area contributed by atoms with Crippen LogP contribution in [0.4, 0.5) is 11.4 Å². The maximum absolute atomic E-state index is 10.9. The fraction of sp³-hybridized carbons (Fsp3) is 0.364. The van der Waals surface area contributed by atoms with Gasteiger partial charge in [0.1, 0.15) is 5.69 Å². The Hall–Kier alpha value is -2.15. The van der Waals surface area contributed by atoms with Crippen molar-refractivity contribution in [3.63, 3.8) is 0 Å². The van der Waals surface area contributed by atoms with Gasteiger partial charge in [-0.25, -0.2) is 4.79 Å². The number of carboxylic acid groups (broad SMARTS) is 1. The van der Waals surface area contributed by atoms with Crippen LogP contribution in [0.15, 0.2) is 12.1 Å². The predicted octanol–water partition coefficient (Wildman–Crippen LogP) is 1.45. The zero-order chi connectivity index (χ0) is 13.7. The zero-order valence-corrected chi connectivity index (χ0v) is 9.88. The SMILES string of the molecule is CCOCCc1ccc(C(=O)O)c(N)c1[N+](=O)[O-]. The van der Waals surface area contributed by atoms with Crippen molar-refractivity contribution in [1.29, 1.82) is 0 Å². The van der Waals surface area contributed by atoms with E-state index in [1.54, 1.807) is 0 Å². The summed E-state index contributed by atoms with van der Waals surface area (Å²) in [6.07, 6.45) is 0.314. The van der Waals surface area contributed by atoms with E-state index in [1.165, 1.54) is 12.1 Å². The molecule has 0 amide bonds. The van der Waals surface area contributed by atoms with Crippen molar-refractivity contribution in [1.82, 2.24) is 0 Å². The normalized spacial score (nSPS) is 10.3. The average Bonchev–Trinajstić information content (AvgIpc) is 2.28. The van der Waals surface area contributed by atoms with Crippen molar-refractivity contribution in [3.8, 4) is 0 Å². The van der Waals surface area contributed by atoms with Gasteiger partial charge < -0.3 is 15.6 Å². The number of nitro benzene ring substituents is 1. The summed E-state index contributed by atoms with van der Waals surface area (Å²) < 4.78 is 5.11. The quantitative estimate of drug-likeness (QED) is 0.343. The van der Waals surface area contributed by atoms with Crippen LogP contribution in [0, 0.1) is 10.1 Å². The molecule has 0 aliphatic rings. The van der Waals surface area contributed by atoms with Crippen LogP contribution < -0.4 is 5.73 Å². The van der Waals surface area contributed by atoms with Crippen LogP contribution in [-0.2, 0) is 11.2 Å². The van der Waals surface area contributed by atoms with E-state index in [-0.39, 0.29) is 16.9 Å². The number of benzene rings is 1. The molecule has 0 radical (unpaired) electrons. The molecule has 1 rings (SSSR count). The number of hydrogen-bond acceptors (Lipinski definition) is 5. The first kappa shape index (κ1) is 13.9. The Bertz CT molecular complexity index is 473. The highest BCUT2D eigenvalue weighted by atomic mass is 16.6. The van der Waals surface area contributed by atoms with Crippen molar-refractivity contribution in [3.05, 3.63) is 33.4 Å². The predicted molar refractivity (Wildman–Crippen MR) is 64.7 cm³/mol. The molecular weight excluding hydrogens is 240 g/mol. The summed E-state index contributed by atoms with van der Waals surface area (Å²) in [5.41, 5.74) is 4.97. The summed E-state index contributed by atoms with van der Waals surface area (Å²) in [6, 6.07) is 2.67. The lowest BCUT2D eigenvalue weighted by Gasteiger charge is -2.07. The molecule has 0 bridgehead atoms. The number of hydrogen-bond donors (Lipinski definition) is 2. The summed E-state index contributed by atoms with van der Waals surface area (Å²) in [6.45, 7) is 2.65. The van der Waals surface area contributed by atoms with Gasteiger partial charge in [0.25, 0.3) is 5.69 Å². The molecule has 3 N–H and O–H groups in total. The molecule has 1 aromatic rings. The molecule has 0 aliphatic heterocycles. The Labute approximate surface area is 103 Å². The minimum Gasteiger partial charge on any atom is -0.478 e. The molecule has 0 heterocycles. The second-order valence-electron chi connectivity index (χ2n) is 3.54. The van der Waals surface area contributed by atoms with Gasteiger partial charge in [0.05, 0.1) is 17.1 Å². The largest absolute Gasteiger partial charge is 0.478 e. The summed E-state index contributed by atoms with van der Waals surface area (Å²) in [7, 11) is 0. The first-order valence-corrected chi connectivity index (χ1v) is 5.35. The van der Waals surface area contributed by atoms with Crippen molar-refractivity contribution < 1.29 is 19.6 Å². The molecule has 98 valence electrons. The van der Waals surface area contributed by atoms with Crippen LogP contribution in [0.2, 0.25) is 0 Å². The zero-order valence-electron chi connectivity index (χ0n) is 9.88. The number of nitro groups is 1. The second-order valence-corrected chi connectivity index (χ2v) is 3.54. The fourth-order valence-electron chi connectivity index (χ4n) is 1.58. The highest BCUT2D eigenvalue weighted by molar-refractivity contribution is 5.96. The molecule has 7 nitrogen and oxygen atoms in total. The molecule has 0 unspecified atom stereocenters. The number of carboxylic acids is 1. The summed E-state index contributed by atoms with van der Waals surface area (Å²) in [5, 5.41) is 19.8. The van der Waals surface area contributed by atoms with Crippen LogP contribution in [0.1, 0.15) is 22.8 Å². The number of nitrogen functional groups attached to an aromatic ring is 1. The summed E-state index contributed by atoms with van der Waals surface area (Å²) >= 11 is 0. The van der Waals surface area contributed by atoms with Crippen molar-refractivity contribution in [2.24, 2.45) is 0 Å². The number of carbonyl (C=O) groups is 1. The first-order valence-electron chi connectivity index (χ1n) is 5.35. The second kappa shape index (κ2) is 5.97. The summed E-state index contributed by atoms with van der Waals surface area (Å²) in [4.78, 5) is 21.1. The number of anilines is 1. The number of nitrogens with zero attached hydrogens (tertiary/aromatic N) is 1. The highest BCUT2D eigenvalue weighted by Gasteiger charge is 2.23. The van der Waals surface area contributed by atoms with Gasteiger partial charge in [-0.1, -0.05) is 6.07 Å². The monoisotopic (exact) mass is 254 g/mol. The average molecular weight is 254 g/mol. The van der Waals surface area contributed by atoms with E-state index in [2.05, 4.69) is 0 Å². The Kier molecular flexibility index (Phi) is 4.61. The molecule has 0 aromatic heterocycles. The number of rotatable bonds is 6. The van der Waals surface area contributed by atoms with Gasteiger partial charge in [-0.05, 0) is 13.0 Å². The van der Waals surface area contributed by atoms with E-state index >= 15 is 0 Å². The highest BCUT2D eigenvalue weighted by Crippen LogP contribution is 2.30. The van der Waals surface area contributed by atoms with E-state index in [0.717, 1.165) is 0 Å². The minimum absolute atomic E-state index is 0.262. The Morgan fingerprint density at radius 3 is 2.72 bits per heavy atom. The molecule has 1 aromatic carbocycles. The minimum atomic E-state index is -1.29. The third kappa shape index (κ3) is 2.95. The van der Waals surface area contributed by atoms with Gasteiger partial charge in [0.15, 0.2) is 0 Å². The molecule has 0 fully saturated rings. The third-order valence-electron chi connectivity index (χ3n) is 2.43. The molecule has 0 spiro atoms. The molecule has 0 atom stereocenters. The van der Waals surface area contributed by atoms with Gasteiger partial charge in [0.2, 0.25) is 0 Å². The smallest absolute Gasteiger partial charge is 0.338 e. The van der Waals surface area contributed by atoms with Crippen molar-refractivity contribution >= 4 is 17.3 Å². The van der Waals surface area contributed by atoms with Gasteiger partial charge >= 0.3 is 5.97 Å². The lowest BCUT2D eigenvalue weighted by molar-refractivity contribution is -0.384. The third-order valence-corrected chi connectivity index (χ3v) is 2.43. The van der Waals surface area contributed by atoms with E-state index in [1.807, 2.05) is 6.92 Å². The van der Waals surface area contributed by atoms with Crippen LogP contribution in [-0.4, -0.2) is 29.2 Å². The van der Waals surface area contributed by atoms with E-state index in [0.29, 0.717) is 25.2 Å². The number of ether oxygens (including phenoxy) is 1. The van der Waals surface area contributed by atoms with Crippen LogP contribution in [0.3, 0.4) is 0 Å². The lowest BCUT2D eigenvalue weighted by atomic mass is 10.0. The Morgan fingerprint density at radius 2 is 2.22 bits per heavy atom. The van der Waals surface area contributed by atoms with Crippen LogP contribution in [0.25, 0.3) is 0 Å². The number of nitrogens with two attached hydrogens (primary N) is 1. The number of aromatic carboxylic acids is 1. The van der Waals surface area contributed by atoms with Gasteiger partial charge in [-0.2, -0.15) is 0 Å². The molecule has 0 saturated heterocycles. The van der Waals surface area contributed by atoms with Gasteiger partial charge in [-0.3, -0.25) is 10.1 Å². The molecule has 7 heteroatoms. The lowest BCUT2D eigenvalue weighted by Crippen LogP contribution is -2.09. The fourth-order valence-corrected chi connectivity index (χ4v) is 1.58. The molecular formula is C11H14N2O5. The Morgan fingerprint density at radius 1 is 1.56 bits per heavy atom. The molecule has 18 heavy (non-hydrogen) atoms. The van der Waals surface area contributed by atoms with Crippen molar-refractivity contribution in [2.45, 2.75) is 13.3 Å². The van der Waals surface area contributed by atoms with E-state index in [9.17, 15) is 14.9 Å². The van der Waals surface area contributed by atoms with Crippen LogP contribution in [0.5, 0.6) is 0 Å². The van der Waals surface area contributed by atoms with Gasteiger partial charge in [-0.15, -0.1) is 0 Å². The molecule has 0 aliphatic carbocycles. The standard InChI is InChI=1S/C11H14N2O5/c1-2-18-6-5-7-3-4-8(11(14)15)9(12)10(7)13(16)17/h3-4H,2,5-6,12H2,1H3,(H,14,15). The van der Waals surface area contributed by atoms with Crippen LogP contribution >= 0.6 is 0 Å². The topological polar surface area (TPSA) is 116 Å². The Balaban J connectivity index is 3.15.